The second-order valence-corrected chi connectivity index (χ2v) is 10.2. The maximum Gasteiger partial charge on any atom is 0.282 e. The summed E-state index contributed by atoms with van der Waals surface area (Å²) in [5, 5.41) is 3.27. The van der Waals surface area contributed by atoms with Gasteiger partial charge >= 0.3 is 0 Å². The zero-order valence-corrected chi connectivity index (χ0v) is 20.5. The van der Waals surface area contributed by atoms with Crippen LogP contribution in [0.5, 0.6) is 0 Å². The van der Waals surface area contributed by atoms with Crippen LogP contribution in [0.3, 0.4) is 0 Å². The van der Waals surface area contributed by atoms with Gasteiger partial charge in [0.1, 0.15) is 5.70 Å². The van der Waals surface area contributed by atoms with Crippen molar-refractivity contribution in [3.8, 4) is 0 Å². The second-order valence-electron chi connectivity index (χ2n) is 10.2. The molecule has 0 unspecified atom stereocenters. The minimum atomic E-state index is -0.346. The molecule has 3 aromatic carbocycles. The lowest BCUT2D eigenvalue weighted by Gasteiger charge is -2.21. The first-order valence-corrected chi connectivity index (χ1v) is 12.2. The van der Waals surface area contributed by atoms with Crippen LogP contribution >= 0.6 is 0 Å². The molecule has 2 aliphatic heterocycles. The SMILES string of the molecule is CC(C)(C)c1ccc(N2C(=O)C(Nc3ccc(N4CCCC4)cc3)=C(c3ccccc3)C2=O)cc1. The number of carbonyl (C=O) groups excluding carboxylic acids is 2. The quantitative estimate of drug-likeness (QED) is 0.471. The summed E-state index contributed by atoms with van der Waals surface area (Å²) in [5.74, 6) is -0.665. The zero-order chi connectivity index (χ0) is 24.6. The van der Waals surface area contributed by atoms with Crippen LogP contribution in [0.15, 0.2) is 84.6 Å². The van der Waals surface area contributed by atoms with Crippen molar-refractivity contribution in [1.82, 2.24) is 0 Å². The molecule has 0 spiro atoms. The van der Waals surface area contributed by atoms with Crippen LogP contribution in [0.1, 0.15) is 44.7 Å². The molecule has 0 bridgehead atoms. The number of nitrogens with zero attached hydrogens (tertiary/aromatic N) is 2. The molecule has 0 atom stereocenters. The van der Waals surface area contributed by atoms with Crippen molar-refractivity contribution in [2.45, 2.75) is 39.0 Å². The lowest BCUT2D eigenvalue weighted by molar-refractivity contribution is -0.120. The maximum absolute atomic E-state index is 13.6. The molecule has 35 heavy (non-hydrogen) atoms. The van der Waals surface area contributed by atoms with E-state index in [1.807, 2.05) is 66.7 Å². The number of benzene rings is 3. The summed E-state index contributed by atoms with van der Waals surface area (Å²) in [6, 6.07) is 25.2. The van der Waals surface area contributed by atoms with Crippen molar-refractivity contribution in [3.63, 3.8) is 0 Å². The zero-order valence-electron chi connectivity index (χ0n) is 20.5. The molecule has 1 saturated heterocycles. The Bertz CT molecular complexity index is 1260. The molecule has 2 aliphatic rings. The summed E-state index contributed by atoms with van der Waals surface area (Å²) in [5.41, 5.74) is 5.07. The molecule has 1 N–H and O–H groups in total. The predicted octanol–water partition coefficient (Wildman–Crippen LogP) is 5.98. The minimum absolute atomic E-state index is 0.0149. The molecule has 0 radical (unpaired) electrons. The number of imide groups is 1. The Morgan fingerprint density at radius 1 is 0.714 bits per heavy atom. The highest BCUT2D eigenvalue weighted by molar-refractivity contribution is 6.46. The third-order valence-electron chi connectivity index (χ3n) is 6.75. The molecular weight excluding hydrogens is 434 g/mol. The summed E-state index contributed by atoms with van der Waals surface area (Å²) in [6.45, 7) is 8.57. The van der Waals surface area contributed by atoms with E-state index in [0.29, 0.717) is 17.0 Å². The van der Waals surface area contributed by atoms with Gasteiger partial charge in [0, 0.05) is 24.5 Å². The highest BCUT2D eigenvalue weighted by Crippen LogP contribution is 2.35. The Morgan fingerprint density at radius 2 is 1.31 bits per heavy atom. The lowest BCUT2D eigenvalue weighted by Crippen LogP contribution is -2.32. The smallest absolute Gasteiger partial charge is 0.282 e. The van der Waals surface area contributed by atoms with Crippen LogP contribution in [0.4, 0.5) is 17.1 Å². The molecule has 0 aliphatic carbocycles. The Labute approximate surface area is 207 Å². The van der Waals surface area contributed by atoms with Crippen LogP contribution < -0.4 is 15.1 Å². The van der Waals surface area contributed by atoms with Crippen LogP contribution in [-0.4, -0.2) is 24.9 Å². The van der Waals surface area contributed by atoms with Crippen molar-refractivity contribution in [3.05, 3.63) is 95.7 Å². The molecule has 5 nitrogen and oxygen atoms in total. The average Bonchev–Trinajstić information content (AvgIpc) is 3.47. The third-order valence-corrected chi connectivity index (χ3v) is 6.75. The van der Waals surface area contributed by atoms with Crippen molar-refractivity contribution in [2.24, 2.45) is 0 Å². The van der Waals surface area contributed by atoms with Crippen molar-refractivity contribution in [2.75, 3.05) is 28.2 Å². The first kappa shape index (κ1) is 22.9. The molecular formula is C30H31N3O2. The van der Waals surface area contributed by atoms with Gasteiger partial charge in [0.25, 0.3) is 11.8 Å². The monoisotopic (exact) mass is 465 g/mol. The second kappa shape index (κ2) is 9.06. The minimum Gasteiger partial charge on any atom is -0.372 e. The maximum atomic E-state index is 13.6. The topological polar surface area (TPSA) is 52.7 Å². The highest BCUT2D eigenvalue weighted by atomic mass is 16.2. The first-order valence-electron chi connectivity index (χ1n) is 12.2. The Balaban J connectivity index is 1.48. The Kier molecular flexibility index (Phi) is 5.93. The van der Waals surface area contributed by atoms with Gasteiger partial charge in [0.15, 0.2) is 0 Å². The normalized spacial score (nSPS) is 16.4. The van der Waals surface area contributed by atoms with Crippen LogP contribution in [0, 0.1) is 0 Å². The van der Waals surface area contributed by atoms with Gasteiger partial charge in [-0.25, -0.2) is 4.90 Å². The van der Waals surface area contributed by atoms with Gasteiger partial charge in [-0.2, -0.15) is 0 Å². The van der Waals surface area contributed by atoms with E-state index >= 15 is 0 Å². The molecule has 1 fully saturated rings. The van der Waals surface area contributed by atoms with Crippen molar-refractivity contribution < 1.29 is 9.59 Å². The van der Waals surface area contributed by atoms with Crippen LogP contribution in [0.25, 0.3) is 5.57 Å². The van der Waals surface area contributed by atoms with E-state index in [2.05, 4.69) is 43.1 Å². The van der Waals surface area contributed by atoms with Crippen LogP contribution in [-0.2, 0) is 15.0 Å². The standard InChI is InChI=1S/C30H31N3O2/c1-30(2,3)22-11-15-25(16-12-22)33-28(34)26(21-9-5-4-6-10-21)27(29(33)35)31-23-13-17-24(18-14-23)32-19-7-8-20-32/h4-6,9-18,31H,7-8,19-20H2,1-3H3. The number of anilines is 3. The average molecular weight is 466 g/mol. The number of rotatable bonds is 5. The van der Waals surface area contributed by atoms with Crippen LogP contribution in [0.2, 0.25) is 0 Å². The van der Waals surface area contributed by atoms with Gasteiger partial charge in [-0.3, -0.25) is 9.59 Å². The van der Waals surface area contributed by atoms with E-state index in [1.54, 1.807) is 0 Å². The summed E-state index contributed by atoms with van der Waals surface area (Å²) >= 11 is 0. The van der Waals surface area contributed by atoms with Crippen molar-refractivity contribution >= 4 is 34.4 Å². The van der Waals surface area contributed by atoms with E-state index in [9.17, 15) is 9.59 Å². The van der Waals surface area contributed by atoms with Gasteiger partial charge < -0.3 is 10.2 Å². The highest BCUT2D eigenvalue weighted by Gasteiger charge is 2.40. The molecule has 2 heterocycles. The van der Waals surface area contributed by atoms with E-state index in [-0.39, 0.29) is 17.2 Å². The van der Waals surface area contributed by atoms with Gasteiger partial charge in [-0.15, -0.1) is 0 Å². The third kappa shape index (κ3) is 4.46. The molecule has 5 rings (SSSR count). The van der Waals surface area contributed by atoms with E-state index in [1.165, 1.54) is 23.4 Å². The lowest BCUT2D eigenvalue weighted by atomic mass is 9.87. The van der Waals surface area contributed by atoms with E-state index in [0.717, 1.165) is 29.9 Å². The Morgan fingerprint density at radius 3 is 1.91 bits per heavy atom. The number of nitrogens with one attached hydrogen (secondary N) is 1. The molecule has 3 aromatic rings. The fourth-order valence-electron chi connectivity index (χ4n) is 4.74. The number of carbonyl (C=O) groups is 2. The fourth-order valence-corrected chi connectivity index (χ4v) is 4.74. The molecule has 0 saturated carbocycles. The molecule has 2 amide bonds. The fraction of sp³-hybridized carbons (Fsp3) is 0.267. The predicted molar refractivity (Wildman–Crippen MR) is 143 cm³/mol. The summed E-state index contributed by atoms with van der Waals surface area (Å²) in [7, 11) is 0. The first-order chi connectivity index (χ1) is 16.8. The number of hydrogen-bond acceptors (Lipinski definition) is 4. The van der Waals surface area contributed by atoms with Gasteiger partial charge in [-0.05, 0) is 65.8 Å². The number of hydrogen-bond donors (Lipinski definition) is 1. The van der Waals surface area contributed by atoms with E-state index in [4.69, 9.17) is 0 Å². The summed E-state index contributed by atoms with van der Waals surface area (Å²) < 4.78 is 0. The summed E-state index contributed by atoms with van der Waals surface area (Å²) in [4.78, 5) is 30.9. The van der Waals surface area contributed by atoms with Crippen molar-refractivity contribution in [1.29, 1.82) is 0 Å². The molecule has 178 valence electrons. The molecule has 0 aromatic heterocycles. The van der Waals surface area contributed by atoms with E-state index < -0.39 is 0 Å². The molecule has 5 heteroatoms. The summed E-state index contributed by atoms with van der Waals surface area (Å²) in [6.07, 6.45) is 2.44. The Hall–Kier alpha value is -3.86. The van der Waals surface area contributed by atoms with Gasteiger partial charge in [0.2, 0.25) is 0 Å². The van der Waals surface area contributed by atoms with Gasteiger partial charge in [0.05, 0.1) is 11.3 Å². The largest absolute Gasteiger partial charge is 0.372 e. The van der Waals surface area contributed by atoms with Gasteiger partial charge in [-0.1, -0.05) is 63.2 Å². The number of amides is 2.